The van der Waals surface area contributed by atoms with Crippen LogP contribution in [0.3, 0.4) is 0 Å². The first-order valence-corrected chi connectivity index (χ1v) is 11.3. The topological polar surface area (TPSA) is 69.6 Å². The van der Waals surface area contributed by atoms with Crippen molar-refractivity contribution in [1.82, 2.24) is 0 Å². The number of aromatic hydroxyl groups is 1. The Morgan fingerprint density at radius 2 is 1.88 bits per heavy atom. The van der Waals surface area contributed by atoms with Crippen LogP contribution in [-0.2, 0) is 4.79 Å². The van der Waals surface area contributed by atoms with Gasteiger partial charge < -0.3 is 10.4 Å². The molecule has 0 unspecified atom stereocenters. The molecule has 0 saturated carbocycles. The average Bonchev–Trinajstić information content (AvgIpc) is 3.05. The smallest absolute Gasteiger partial charge is 0.270 e. The SMILES string of the molecule is O=C(Nc1ccc(F)cc1)c1cccc(N2C(=O)/C(=C\c3ccc(O)c(Br)c3)SC2=S)c1. The highest BCUT2D eigenvalue weighted by molar-refractivity contribution is 9.10. The highest BCUT2D eigenvalue weighted by Crippen LogP contribution is 2.37. The lowest BCUT2D eigenvalue weighted by Gasteiger charge is -2.15. The first kappa shape index (κ1) is 22.2. The molecule has 3 aromatic rings. The van der Waals surface area contributed by atoms with Crippen LogP contribution in [0.4, 0.5) is 15.8 Å². The second-order valence-electron chi connectivity index (χ2n) is 6.74. The Morgan fingerprint density at radius 1 is 1.12 bits per heavy atom. The van der Waals surface area contributed by atoms with E-state index in [1.165, 1.54) is 35.2 Å². The molecule has 1 heterocycles. The van der Waals surface area contributed by atoms with Crippen molar-refractivity contribution in [3.8, 4) is 5.75 Å². The van der Waals surface area contributed by atoms with Gasteiger partial charge in [-0.05, 0) is 82.2 Å². The summed E-state index contributed by atoms with van der Waals surface area (Å²) in [5.41, 5.74) is 1.97. The number of phenols is 1. The zero-order valence-corrected chi connectivity index (χ0v) is 19.4. The molecule has 0 atom stereocenters. The van der Waals surface area contributed by atoms with E-state index in [0.717, 1.165) is 17.3 Å². The largest absolute Gasteiger partial charge is 0.507 e. The lowest BCUT2D eigenvalue weighted by Crippen LogP contribution is -2.27. The van der Waals surface area contributed by atoms with Gasteiger partial charge in [0.2, 0.25) is 0 Å². The predicted octanol–water partition coefficient (Wildman–Crippen LogP) is 5.95. The van der Waals surface area contributed by atoms with Crippen LogP contribution < -0.4 is 10.2 Å². The van der Waals surface area contributed by atoms with Gasteiger partial charge in [-0.3, -0.25) is 14.5 Å². The summed E-state index contributed by atoms with van der Waals surface area (Å²) in [6.07, 6.45) is 1.69. The van der Waals surface area contributed by atoms with Crippen molar-refractivity contribution in [3.05, 3.63) is 93.1 Å². The number of rotatable bonds is 4. The molecular formula is C23H14BrFN2O3S2. The molecule has 9 heteroatoms. The van der Waals surface area contributed by atoms with Crippen LogP contribution >= 0.6 is 39.9 Å². The number of nitrogens with zero attached hydrogens (tertiary/aromatic N) is 1. The van der Waals surface area contributed by atoms with E-state index < -0.39 is 11.7 Å². The molecule has 1 aliphatic rings. The number of halogens is 2. The van der Waals surface area contributed by atoms with Crippen LogP contribution in [0.25, 0.3) is 6.08 Å². The van der Waals surface area contributed by atoms with Crippen molar-refractivity contribution >= 4 is 73.5 Å². The van der Waals surface area contributed by atoms with Crippen LogP contribution in [0.5, 0.6) is 5.75 Å². The van der Waals surface area contributed by atoms with Crippen LogP contribution in [0.15, 0.2) is 76.1 Å². The zero-order chi connectivity index (χ0) is 22.8. The Hall–Kier alpha value is -3.01. The molecule has 0 aromatic heterocycles. The molecule has 0 aliphatic carbocycles. The number of phenolic OH excluding ortho intramolecular Hbond substituents is 1. The van der Waals surface area contributed by atoms with Gasteiger partial charge in [0.15, 0.2) is 4.32 Å². The van der Waals surface area contributed by atoms with Crippen molar-refractivity contribution in [2.75, 3.05) is 10.2 Å². The van der Waals surface area contributed by atoms with Gasteiger partial charge in [0.1, 0.15) is 11.6 Å². The van der Waals surface area contributed by atoms with Crippen molar-refractivity contribution in [2.24, 2.45) is 0 Å². The summed E-state index contributed by atoms with van der Waals surface area (Å²) in [6.45, 7) is 0. The van der Waals surface area contributed by atoms with Gasteiger partial charge in [0.25, 0.3) is 11.8 Å². The molecule has 1 saturated heterocycles. The Kier molecular flexibility index (Phi) is 6.40. The van der Waals surface area contributed by atoms with Gasteiger partial charge in [-0.15, -0.1) is 0 Å². The highest BCUT2D eigenvalue weighted by atomic mass is 79.9. The summed E-state index contributed by atoms with van der Waals surface area (Å²) in [6, 6.07) is 16.9. The van der Waals surface area contributed by atoms with Gasteiger partial charge >= 0.3 is 0 Å². The van der Waals surface area contributed by atoms with Crippen molar-refractivity contribution in [2.45, 2.75) is 0 Å². The number of thioether (sulfide) groups is 1. The summed E-state index contributed by atoms with van der Waals surface area (Å²) < 4.78 is 13.9. The van der Waals surface area contributed by atoms with Crippen LogP contribution in [0.1, 0.15) is 15.9 Å². The molecule has 0 radical (unpaired) electrons. The molecule has 0 bridgehead atoms. The minimum Gasteiger partial charge on any atom is -0.507 e. The maximum absolute atomic E-state index is 13.1. The monoisotopic (exact) mass is 528 g/mol. The van der Waals surface area contributed by atoms with Crippen LogP contribution in [-0.4, -0.2) is 21.2 Å². The third-order valence-corrected chi connectivity index (χ3v) is 6.47. The number of carbonyl (C=O) groups is 2. The van der Waals surface area contributed by atoms with Crippen molar-refractivity contribution in [3.63, 3.8) is 0 Å². The first-order chi connectivity index (χ1) is 15.3. The fourth-order valence-corrected chi connectivity index (χ4v) is 4.67. The van der Waals surface area contributed by atoms with Gasteiger partial charge in [-0.2, -0.15) is 0 Å². The fourth-order valence-electron chi connectivity index (χ4n) is 2.98. The zero-order valence-electron chi connectivity index (χ0n) is 16.2. The van der Waals surface area contributed by atoms with E-state index in [1.54, 1.807) is 42.5 Å². The van der Waals surface area contributed by atoms with Gasteiger partial charge in [0, 0.05) is 11.3 Å². The molecule has 1 fully saturated rings. The second-order valence-corrected chi connectivity index (χ2v) is 9.27. The molecule has 3 aromatic carbocycles. The van der Waals surface area contributed by atoms with E-state index in [9.17, 15) is 19.1 Å². The Bertz CT molecular complexity index is 1280. The van der Waals surface area contributed by atoms with E-state index in [2.05, 4.69) is 21.2 Å². The molecule has 1 aliphatic heterocycles. The number of nitrogens with one attached hydrogen (secondary N) is 1. The Labute approximate surface area is 201 Å². The lowest BCUT2D eigenvalue weighted by molar-refractivity contribution is -0.113. The molecule has 160 valence electrons. The number of amides is 2. The predicted molar refractivity (Wildman–Crippen MR) is 132 cm³/mol. The van der Waals surface area contributed by atoms with E-state index >= 15 is 0 Å². The van der Waals surface area contributed by atoms with E-state index in [4.69, 9.17) is 12.2 Å². The molecule has 2 N–H and O–H groups in total. The lowest BCUT2D eigenvalue weighted by atomic mass is 10.1. The average molecular weight is 529 g/mol. The fraction of sp³-hybridized carbons (Fsp3) is 0. The normalized spacial score (nSPS) is 14.8. The molecule has 2 amide bonds. The number of hydrogen-bond acceptors (Lipinski definition) is 5. The molecule has 0 spiro atoms. The van der Waals surface area contributed by atoms with Gasteiger partial charge in [-0.25, -0.2) is 4.39 Å². The van der Waals surface area contributed by atoms with Crippen molar-refractivity contribution in [1.29, 1.82) is 0 Å². The molecule has 32 heavy (non-hydrogen) atoms. The Balaban J connectivity index is 1.57. The number of anilines is 2. The standard InChI is InChI=1S/C23H14BrFN2O3S2/c24-18-10-13(4-9-19(18)28)11-20-22(30)27(23(31)32-20)17-3-1-2-14(12-17)21(29)26-16-7-5-15(25)6-8-16/h1-12,28H,(H,26,29)/b20-11+. The third-order valence-electron chi connectivity index (χ3n) is 4.53. The number of benzene rings is 3. The summed E-state index contributed by atoms with van der Waals surface area (Å²) in [5.74, 6) is -0.994. The number of hydrogen-bond donors (Lipinski definition) is 2. The van der Waals surface area contributed by atoms with Crippen molar-refractivity contribution < 1.29 is 19.1 Å². The van der Waals surface area contributed by atoms with E-state index in [-0.39, 0.29) is 11.7 Å². The quantitative estimate of drug-likeness (QED) is 0.323. The maximum Gasteiger partial charge on any atom is 0.270 e. The minimum atomic E-state index is -0.396. The van der Waals surface area contributed by atoms with Gasteiger partial charge in [-0.1, -0.05) is 36.1 Å². The Morgan fingerprint density at radius 3 is 2.59 bits per heavy atom. The van der Waals surface area contributed by atoms with E-state index in [1.807, 2.05) is 0 Å². The first-order valence-electron chi connectivity index (χ1n) is 9.25. The number of thiocarbonyl (C=S) groups is 1. The summed E-state index contributed by atoms with van der Waals surface area (Å²) in [7, 11) is 0. The molecular weight excluding hydrogens is 515 g/mol. The van der Waals surface area contributed by atoms with E-state index in [0.29, 0.717) is 30.6 Å². The summed E-state index contributed by atoms with van der Waals surface area (Å²) in [4.78, 5) is 27.4. The highest BCUT2D eigenvalue weighted by Gasteiger charge is 2.33. The maximum atomic E-state index is 13.1. The second kappa shape index (κ2) is 9.23. The van der Waals surface area contributed by atoms with Gasteiger partial charge in [0.05, 0.1) is 15.1 Å². The number of carbonyl (C=O) groups excluding carboxylic acids is 2. The molecule has 4 rings (SSSR count). The summed E-state index contributed by atoms with van der Waals surface area (Å²) >= 11 is 9.82. The van der Waals surface area contributed by atoms with Crippen LogP contribution in [0.2, 0.25) is 0 Å². The minimum absolute atomic E-state index is 0.102. The van der Waals surface area contributed by atoms with Crippen LogP contribution in [0, 0.1) is 5.82 Å². The third kappa shape index (κ3) is 4.74. The molecule has 5 nitrogen and oxygen atoms in total. The summed E-state index contributed by atoms with van der Waals surface area (Å²) in [5, 5.41) is 12.3.